The predicted octanol–water partition coefficient (Wildman–Crippen LogP) is 0.992. The summed E-state index contributed by atoms with van der Waals surface area (Å²) in [6.45, 7) is 3.34. The topological polar surface area (TPSA) is 48.0 Å². The quantitative estimate of drug-likeness (QED) is 0.411. The third-order valence-electron chi connectivity index (χ3n) is 1.22. The van der Waals surface area contributed by atoms with E-state index in [1.54, 1.807) is 18.3 Å². The highest BCUT2D eigenvalue weighted by molar-refractivity contribution is 6.02. The van der Waals surface area contributed by atoms with Crippen LogP contribution in [0.25, 0.3) is 0 Å². The van der Waals surface area contributed by atoms with Crippen LogP contribution in [0.4, 0.5) is 0 Å². The lowest BCUT2D eigenvalue weighted by Gasteiger charge is -1.95. The van der Waals surface area contributed by atoms with E-state index in [1.165, 1.54) is 10.8 Å². The molecule has 0 saturated heterocycles. The van der Waals surface area contributed by atoms with Crippen LogP contribution in [0.15, 0.2) is 31.0 Å². The zero-order valence-corrected chi connectivity index (χ0v) is 6.67. The number of hydrogen-bond acceptors (Lipinski definition) is 2. The molecule has 0 aliphatic heterocycles. The van der Waals surface area contributed by atoms with Gasteiger partial charge in [0.25, 0.3) is 0 Å². The van der Waals surface area contributed by atoms with Crippen LogP contribution < -0.4 is 5.84 Å². The molecule has 0 aliphatic carbocycles. The van der Waals surface area contributed by atoms with Crippen molar-refractivity contribution >= 4 is 18.2 Å². The Morgan fingerprint density at radius 3 is 2.73 bits per heavy atom. The molecule has 0 radical (unpaired) electrons. The van der Waals surface area contributed by atoms with E-state index < -0.39 is 0 Å². The average Bonchev–Trinajstić information content (AvgIpc) is 2.34. The maximum absolute atomic E-state index is 10.9. The summed E-state index contributed by atoms with van der Waals surface area (Å²) in [7, 11) is 0. The van der Waals surface area contributed by atoms with Crippen molar-refractivity contribution in [3.63, 3.8) is 0 Å². The Hall–Kier alpha value is -1.22. The number of nitrogens with zero attached hydrogens (tertiary/aromatic N) is 1. The molecule has 0 spiro atoms. The highest BCUT2D eigenvalue weighted by atomic mass is 35.5. The van der Waals surface area contributed by atoms with Crippen molar-refractivity contribution in [3.05, 3.63) is 36.7 Å². The maximum atomic E-state index is 10.9. The van der Waals surface area contributed by atoms with E-state index in [9.17, 15) is 4.79 Å². The van der Waals surface area contributed by atoms with Gasteiger partial charge in [-0.3, -0.25) is 9.47 Å². The minimum Gasteiger partial charge on any atom is -0.339 e. The van der Waals surface area contributed by atoms with Crippen molar-refractivity contribution in [1.82, 2.24) is 4.68 Å². The molecule has 1 rings (SSSR count). The monoisotopic (exact) mass is 172 g/mol. The fourth-order valence-electron chi connectivity index (χ4n) is 0.707. The number of ketones is 1. The Morgan fingerprint density at radius 1 is 1.73 bits per heavy atom. The van der Waals surface area contributed by atoms with Crippen LogP contribution in [0, 0.1) is 0 Å². The Kier molecular flexibility index (Phi) is 3.40. The van der Waals surface area contributed by atoms with Gasteiger partial charge in [-0.05, 0) is 18.2 Å². The number of nitrogen functional groups attached to an aromatic ring is 1. The Balaban J connectivity index is 0.000001000. The zero-order valence-electron chi connectivity index (χ0n) is 5.86. The first-order valence-electron chi connectivity index (χ1n) is 2.85. The van der Waals surface area contributed by atoms with Gasteiger partial charge in [0.1, 0.15) is 5.69 Å². The summed E-state index contributed by atoms with van der Waals surface area (Å²) < 4.78 is 1.27. The van der Waals surface area contributed by atoms with Crippen LogP contribution in [0.5, 0.6) is 0 Å². The summed E-state index contributed by atoms with van der Waals surface area (Å²) in [6, 6.07) is 3.35. The number of aromatic nitrogens is 1. The van der Waals surface area contributed by atoms with Gasteiger partial charge in [-0.1, -0.05) is 6.58 Å². The van der Waals surface area contributed by atoms with Gasteiger partial charge in [0, 0.05) is 6.20 Å². The molecule has 60 valence electrons. The summed E-state index contributed by atoms with van der Waals surface area (Å²) in [5.74, 6) is 5.21. The molecular weight excluding hydrogens is 164 g/mol. The van der Waals surface area contributed by atoms with Crippen LogP contribution in [-0.2, 0) is 0 Å². The summed E-state index contributed by atoms with van der Waals surface area (Å²) in [5, 5.41) is 0. The smallest absolute Gasteiger partial charge is 0.203 e. The first kappa shape index (κ1) is 9.78. The summed E-state index contributed by atoms with van der Waals surface area (Å²) in [5.41, 5.74) is 0.454. The third-order valence-corrected chi connectivity index (χ3v) is 1.22. The number of hydrogen-bond donors (Lipinski definition) is 1. The molecule has 0 amide bonds. The van der Waals surface area contributed by atoms with Gasteiger partial charge >= 0.3 is 0 Å². The normalized spacial score (nSPS) is 8.36. The Morgan fingerprint density at radius 2 is 2.36 bits per heavy atom. The standard InChI is InChI=1S/C7H8N2O.ClH/c1-2-7(10)6-4-3-5-9(6)8;/h2-5H,1,8H2;1H. The van der Waals surface area contributed by atoms with Crippen molar-refractivity contribution in [2.75, 3.05) is 5.84 Å². The molecule has 11 heavy (non-hydrogen) atoms. The average molecular weight is 173 g/mol. The molecule has 0 unspecified atom stereocenters. The van der Waals surface area contributed by atoms with Crippen molar-refractivity contribution in [1.29, 1.82) is 0 Å². The van der Waals surface area contributed by atoms with E-state index in [2.05, 4.69) is 6.58 Å². The second kappa shape index (κ2) is 3.83. The molecule has 1 aromatic rings. The van der Waals surface area contributed by atoms with E-state index >= 15 is 0 Å². The first-order chi connectivity index (χ1) is 4.75. The lowest BCUT2D eigenvalue weighted by atomic mass is 10.3. The molecule has 0 saturated carbocycles. The largest absolute Gasteiger partial charge is 0.339 e. The van der Waals surface area contributed by atoms with Crippen LogP contribution in [0.1, 0.15) is 10.5 Å². The summed E-state index contributed by atoms with van der Waals surface area (Å²) in [4.78, 5) is 10.9. The van der Waals surface area contributed by atoms with Gasteiger partial charge in [0.05, 0.1) is 0 Å². The lowest BCUT2D eigenvalue weighted by Crippen LogP contribution is -2.13. The molecule has 1 heterocycles. The molecule has 0 fully saturated rings. The van der Waals surface area contributed by atoms with Crippen molar-refractivity contribution < 1.29 is 4.79 Å². The molecule has 1 aromatic heterocycles. The number of allylic oxidation sites excluding steroid dienone is 1. The van der Waals surface area contributed by atoms with Crippen molar-refractivity contribution in [3.8, 4) is 0 Å². The van der Waals surface area contributed by atoms with Crippen LogP contribution in [0.3, 0.4) is 0 Å². The highest BCUT2D eigenvalue weighted by Crippen LogP contribution is 1.98. The van der Waals surface area contributed by atoms with Crippen LogP contribution in [-0.4, -0.2) is 10.5 Å². The highest BCUT2D eigenvalue weighted by Gasteiger charge is 2.02. The van der Waals surface area contributed by atoms with E-state index in [-0.39, 0.29) is 18.2 Å². The van der Waals surface area contributed by atoms with E-state index in [1.807, 2.05) is 0 Å². The van der Waals surface area contributed by atoms with Crippen LogP contribution >= 0.6 is 12.4 Å². The van der Waals surface area contributed by atoms with E-state index in [4.69, 9.17) is 5.84 Å². The molecular formula is C7H9ClN2O. The van der Waals surface area contributed by atoms with Crippen molar-refractivity contribution in [2.24, 2.45) is 0 Å². The first-order valence-corrected chi connectivity index (χ1v) is 2.85. The molecule has 4 heteroatoms. The minimum absolute atomic E-state index is 0. The molecule has 0 aromatic carbocycles. The van der Waals surface area contributed by atoms with Gasteiger partial charge in [0.2, 0.25) is 5.78 Å². The number of halogens is 1. The van der Waals surface area contributed by atoms with E-state index in [0.29, 0.717) is 5.69 Å². The van der Waals surface area contributed by atoms with Gasteiger partial charge < -0.3 is 5.84 Å². The molecule has 0 aliphatic rings. The fraction of sp³-hybridized carbons (Fsp3) is 0. The maximum Gasteiger partial charge on any atom is 0.203 e. The lowest BCUT2D eigenvalue weighted by molar-refractivity contribution is 0.104. The third kappa shape index (κ3) is 1.85. The number of carbonyl (C=O) groups is 1. The molecule has 0 atom stereocenters. The second-order valence-corrected chi connectivity index (χ2v) is 1.87. The second-order valence-electron chi connectivity index (χ2n) is 1.87. The van der Waals surface area contributed by atoms with E-state index in [0.717, 1.165) is 0 Å². The molecule has 3 nitrogen and oxygen atoms in total. The van der Waals surface area contributed by atoms with Gasteiger partial charge in [0.15, 0.2) is 0 Å². The Labute approximate surface area is 70.9 Å². The molecule has 0 bridgehead atoms. The predicted molar refractivity (Wildman–Crippen MR) is 46.4 cm³/mol. The van der Waals surface area contributed by atoms with Gasteiger partial charge in [-0.15, -0.1) is 12.4 Å². The zero-order chi connectivity index (χ0) is 7.56. The SMILES string of the molecule is C=CC(=O)c1cccn1N.Cl. The van der Waals surface area contributed by atoms with Crippen molar-refractivity contribution in [2.45, 2.75) is 0 Å². The summed E-state index contributed by atoms with van der Waals surface area (Å²) >= 11 is 0. The number of rotatable bonds is 2. The minimum atomic E-state index is -0.160. The Bertz CT molecular complexity index is 267. The number of carbonyl (C=O) groups excluding carboxylic acids is 1. The number of nitrogens with two attached hydrogens (primary N) is 1. The van der Waals surface area contributed by atoms with Gasteiger partial charge in [-0.2, -0.15) is 0 Å². The summed E-state index contributed by atoms with van der Waals surface area (Å²) in [6.07, 6.45) is 2.84. The van der Waals surface area contributed by atoms with Gasteiger partial charge in [-0.25, -0.2) is 0 Å². The molecule has 2 N–H and O–H groups in total. The van der Waals surface area contributed by atoms with Crippen LogP contribution in [0.2, 0.25) is 0 Å². The fourth-order valence-corrected chi connectivity index (χ4v) is 0.707.